The summed E-state index contributed by atoms with van der Waals surface area (Å²) in [5.41, 5.74) is 2.51. The SMILES string of the molecule is COc1ccccc1NC(=O)[C@@H](C)OC(=O)Cc1ccc(C)cc1. The maximum atomic E-state index is 12.2. The fourth-order valence-electron chi connectivity index (χ4n) is 2.15. The smallest absolute Gasteiger partial charge is 0.311 e. The second-order valence-electron chi connectivity index (χ2n) is 5.48. The quantitative estimate of drug-likeness (QED) is 0.828. The average molecular weight is 327 g/mol. The number of methoxy groups -OCH3 is 1. The zero-order valence-corrected chi connectivity index (χ0v) is 14.0. The molecule has 1 N–H and O–H groups in total. The van der Waals surface area contributed by atoms with Gasteiger partial charge in [-0.1, -0.05) is 42.0 Å². The van der Waals surface area contributed by atoms with Crippen molar-refractivity contribution in [1.29, 1.82) is 0 Å². The number of nitrogens with one attached hydrogen (secondary N) is 1. The minimum atomic E-state index is -0.895. The van der Waals surface area contributed by atoms with Gasteiger partial charge in [0.1, 0.15) is 5.75 Å². The summed E-state index contributed by atoms with van der Waals surface area (Å²) < 4.78 is 10.4. The highest BCUT2D eigenvalue weighted by Crippen LogP contribution is 2.23. The van der Waals surface area contributed by atoms with Gasteiger partial charge in [0.15, 0.2) is 6.10 Å². The van der Waals surface area contributed by atoms with Gasteiger partial charge in [0.2, 0.25) is 0 Å². The molecule has 0 aliphatic rings. The number of ether oxygens (including phenoxy) is 2. The molecule has 0 bridgehead atoms. The van der Waals surface area contributed by atoms with E-state index in [4.69, 9.17) is 9.47 Å². The monoisotopic (exact) mass is 327 g/mol. The lowest BCUT2D eigenvalue weighted by molar-refractivity contribution is -0.152. The van der Waals surface area contributed by atoms with Gasteiger partial charge in [0.05, 0.1) is 19.2 Å². The molecule has 0 saturated carbocycles. The molecule has 0 radical (unpaired) electrons. The van der Waals surface area contributed by atoms with Gasteiger partial charge in [-0.25, -0.2) is 0 Å². The van der Waals surface area contributed by atoms with E-state index < -0.39 is 18.0 Å². The van der Waals surface area contributed by atoms with Gasteiger partial charge in [-0.2, -0.15) is 0 Å². The van der Waals surface area contributed by atoms with Crippen LogP contribution in [0.15, 0.2) is 48.5 Å². The molecule has 0 unspecified atom stereocenters. The first kappa shape index (κ1) is 17.5. The van der Waals surface area contributed by atoms with Gasteiger partial charge in [-0.05, 0) is 31.5 Å². The molecule has 0 heterocycles. The molecule has 0 aliphatic heterocycles. The molecule has 1 atom stereocenters. The molecule has 2 rings (SSSR count). The predicted molar refractivity (Wildman–Crippen MR) is 92.1 cm³/mol. The highest BCUT2D eigenvalue weighted by atomic mass is 16.5. The summed E-state index contributed by atoms with van der Waals surface area (Å²) in [4.78, 5) is 24.1. The number of benzene rings is 2. The number of carbonyl (C=O) groups is 2. The zero-order valence-electron chi connectivity index (χ0n) is 14.0. The molecular weight excluding hydrogens is 306 g/mol. The highest BCUT2D eigenvalue weighted by molar-refractivity contribution is 5.96. The van der Waals surface area contributed by atoms with Crippen LogP contribution in [0.2, 0.25) is 0 Å². The molecule has 0 aromatic heterocycles. The van der Waals surface area contributed by atoms with Crippen molar-refractivity contribution in [2.24, 2.45) is 0 Å². The molecular formula is C19H21NO4. The van der Waals surface area contributed by atoms with Crippen molar-refractivity contribution in [3.63, 3.8) is 0 Å². The van der Waals surface area contributed by atoms with E-state index in [0.29, 0.717) is 11.4 Å². The molecule has 0 spiro atoms. The fourth-order valence-corrected chi connectivity index (χ4v) is 2.15. The van der Waals surface area contributed by atoms with E-state index in [-0.39, 0.29) is 6.42 Å². The molecule has 2 aromatic carbocycles. The number of hydrogen-bond donors (Lipinski definition) is 1. The van der Waals surface area contributed by atoms with E-state index in [1.54, 1.807) is 24.3 Å². The van der Waals surface area contributed by atoms with Crippen molar-refractivity contribution < 1.29 is 19.1 Å². The largest absolute Gasteiger partial charge is 0.495 e. The number of carbonyl (C=O) groups excluding carboxylic acids is 2. The Morgan fingerprint density at radius 1 is 1.08 bits per heavy atom. The van der Waals surface area contributed by atoms with Crippen LogP contribution in [0.5, 0.6) is 5.75 Å². The Morgan fingerprint density at radius 3 is 2.42 bits per heavy atom. The summed E-state index contributed by atoms with van der Waals surface area (Å²) >= 11 is 0. The normalized spacial score (nSPS) is 11.5. The van der Waals surface area contributed by atoms with Crippen LogP contribution in [0.3, 0.4) is 0 Å². The van der Waals surface area contributed by atoms with Crippen LogP contribution in [0.25, 0.3) is 0 Å². The van der Waals surface area contributed by atoms with Crippen molar-refractivity contribution in [2.45, 2.75) is 26.4 Å². The Kier molecular flexibility index (Phi) is 5.95. The third kappa shape index (κ3) is 4.84. The predicted octanol–water partition coefficient (Wildman–Crippen LogP) is 3.12. The molecule has 126 valence electrons. The lowest BCUT2D eigenvalue weighted by Crippen LogP contribution is -2.30. The zero-order chi connectivity index (χ0) is 17.5. The van der Waals surface area contributed by atoms with E-state index in [9.17, 15) is 9.59 Å². The molecule has 0 aliphatic carbocycles. The first-order valence-corrected chi connectivity index (χ1v) is 7.68. The fraction of sp³-hybridized carbons (Fsp3) is 0.263. The Hall–Kier alpha value is -2.82. The van der Waals surface area contributed by atoms with Crippen molar-refractivity contribution in [3.8, 4) is 5.75 Å². The van der Waals surface area contributed by atoms with Gasteiger partial charge in [0, 0.05) is 0 Å². The number of amides is 1. The van der Waals surface area contributed by atoms with Crippen LogP contribution in [0.4, 0.5) is 5.69 Å². The standard InChI is InChI=1S/C19H21NO4/c1-13-8-10-15(11-9-13)12-18(21)24-14(2)19(22)20-16-6-4-5-7-17(16)23-3/h4-11,14H,12H2,1-3H3,(H,20,22)/t14-/m1/s1. The van der Waals surface area contributed by atoms with Gasteiger partial charge in [-0.15, -0.1) is 0 Å². The number of esters is 1. The Balaban J connectivity index is 1.91. The summed E-state index contributed by atoms with van der Waals surface area (Å²) in [5.74, 6) is -0.303. The van der Waals surface area contributed by atoms with Crippen molar-refractivity contribution in [3.05, 3.63) is 59.7 Å². The number of para-hydroxylation sites is 2. The highest BCUT2D eigenvalue weighted by Gasteiger charge is 2.19. The molecule has 2 aromatic rings. The number of anilines is 1. The van der Waals surface area contributed by atoms with E-state index in [2.05, 4.69) is 5.32 Å². The van der Waals surface area contributed by atoms with E-state index in [0.717, 1.165) is 11.1 Å². The third-order valence-corrected chi connectivity index (χ3v) is 3.51. The van der Waals surface area contributed by atoms with E-state index in [1.807, 2.05) is 31.2 Å². The van der Waals surface area contributed by atoms with Crippen LogP contribution >= 0.6 is 0 Å². The van der Waals surface area contributed by atoms with Crippen LogP contribution in [0, 0.1) is 6.92 Å². The average Bonchev–Trinajstić information content (AvgIpc) is 2.57. The van der Waals surface area contributed by atoms with Gasteiger partial charge in [-0.3, -0.25) is 9.59 Å². The van der Waals surface area contributed by atoms with Gasteiger partial charge >= 0.3 is 5.97 Å². The van der Waals surface area contributed by atoms with Crippen LogP contribution in [-0.4, -0.2) is 25.1 Å². The van der Waals surface area contributed by atoms with Gasteiger partial charge < -0.3 is 14.8 Å². The second kappa shape index (κ2) is 8.15. The molecule has 1 amide bonds. The summed E-state index contributed by atoms with van der Waals surface area (Å²) in [6.45, 7) is 3.52. The molecule has 5 nitrogen and oxygen atoms in total. The van der Waals surface area contributed by atoms with Crippen LogP contribution in [-0.2, 0) is 20.7 Å². The maximum absolute atomic E-state index is 12.2. The van der Waals surface area contributed by atoms with Crippen molar-refractivity contribution >= 4 is 17.6 Å². The molecule has 0 fully saturated rings. The summed E-state index contributed by atoms with van der Waals surface area (Å²) in [5, 5.41) is 2.70. The molecule has 0 saturated heterocycles. The van der Waals surface area contributed by atoms with Crippen molar-refractivity contribution in [2.75, 3.05) is 12.4 Å². The first-order valence-electron chi connectivity index (χ1n) is 7.68. The second-order valence-corrected chi connectivity index (χ2v) is 5.48. The third-order valence-electron chi connectivity index (χ3n) is 3.51. The lowest BCUT2D eigenvalue weighted by atomic mass is 10.1. The summed E-state index contributed by atoms with van der Waals surface area (Å²) in [6.07, 6.45) is -0.764. The van der Waals surface area contributed by atoms with E-state index in [1.165, 1.54) is 14.0 Å². The van der Waals surface area contributed by atoms with Gasteiger partial charge in [0.25, 0.3) is 5.91 Å². The van der Waals surface area contributed by atoms with Crippen molar-refractivity contribution in [1.82, 2.24) is 0 Å². The molecule has 5 heteroatoms. The Bertz CT molecular complexity index is 710. The molecule has 24 heavy (non-hydrogen) atoms. The summed E-state index contributed by atoms with van der Waals surface area (Å²) in [6, 6.07) is 14.7. The Morgan fingerprint density at radius 2 is 1.75 bits per heavy atom. The number of rotatable bonds is 6. The topological polar surface area (TPSA) is 64.6 Å². The van der Waals surface area contributed by atoms with E-state index >= 15 is 0 Å². The first-order chi connectivity index (χ1) is 11.5. The Labute approximate surface area is 141 Å². The summed E-state index contributed by atoms with van der Waals surface area (Å²) in [7, 11) is 1.52. The van der Waals surface area contributed by atoms with Crippen LogP contribution in [0.1, 0.15) is 18.1 Å². The minimum absolute atomic E-state index is 0.132. The lowest BCUT2D eigenvalue weighted by Gasteiger charge is -2.15. The van der Waals surface area contributed by atoms with Crippen LogP contribution < -0.4 is 10.1 Å². The number of hydrogen-bond acceptors (Lipinski definition) is 4. The minimum Gasteiger partial charge on any atom is -0.495 e. The number of aryl methyl sites for hydroxylation is 1. The maximum Gasteiger partial charge on any atom is 0.311 e.